The zero-order chi connectivity index (χ0) is 16.6. The van der Waals surface area contributed by atoms with E-state index in [0.29, 0.717) is 23.1 Å². The molecule has 1 unspecified atom stereocenters. The predicted molar refractivity (Wildman–Crippen MR) is 90.7 cm³/mol. The molecule has 1 aromatic carbocycles. The SMILES string of the molecule is CC1CC(=O)N(CN2CCN(c3ccc(Cl)c(Cl)c3)CC2)C1=O. The Labute approximate surface area is 145 Å². The predicted octanol–water partition coefficient (Wildman–Crippen LogP) is 2.47. The minimum absolute atomic E-state index is 0.0538. The van der Waals surface area contributed by atoms with E-state index in [2.05, 4.69) is 9.80 Å². The molecule has 2 aliphatic rings. The second kappa shape index (κ2) is 6.67. The number of amides is 2. The van der Waals surface area contributed by atoms with Crippen LogP contribution in [-0.4, -0.2) is 54.5 Å². The molecule has 5 nitrogen and oxygen atoms in total. The standard InChI is InChI=1S/C16H19Cl2N3O2/c1-11-8-15(22)21(16(11)23)10-19-4-6-20(7-5-19)12-2-3-13(17)14(18)9-12/h2-3,9,11H,4-8,10H2,1H3. The number of carbonyl (C=O) groups is 2. The van der Waals surface area contributed by atoms with Crippen LogP contribution in [0.4, 0.5) is 5.69 Å². The summed E-state index contributed by atoms with van der Waals surface area (Å²) in [6.07, 6.45) is 0.335. The Balaban J connectivity index is 1.57. The number of piperazine rings is 1. The number of anilines is 1. The highest BCUT2D eigenvalue weighted by Crippen LogP contribution is 2.28. The van der Waals surface area contributed by atoms with Gasteiger partial charge in [-0.15, -0.1) is 0 Å². The van der Waals surface area contributed by atoms with Gasteiger partial charge in [0.1, 0.15) is 0 Å². The van der Waals surface area contributed by atoms with Crippen molar-refractivity contribution >= 4 is 40.7 Å². The normalized spacial score (nSPS) is 23.0. The first-order valence-corrected chi connectivity index (χ1v) is 8.48. The molecule has 0 N–H and O–H groups in total. The van der Waals surface area contributed by atoms with Gasteiger partial charge in [-0.1, -0.05) is 30.1 Å². The van der Waals surface area contributed by atoms with E-state index in [0.717, 1.165) is 31.9 Å². The fourth-order valence-electron chi connectivity index (χ4n) is 3.03. The molecule has 0 radical (unpaired) electrons. The van der Waals surface area contributed by atoms with Gasteiger partial charge in [0.05, 0.1) is 16.7 Å². The molecule has 2 aliphatic heterocycles. The van der Waals surface area contributed by atoms with Crippen molar-refractivity contribution in [3.8, 4) is 0 Å². The van der Waals surface area contributed by atoms with Gasteiger partial charge in [-0.2, -0.15) is 0 Å². The number of rotatable bonds is 3. The van der Waals surface area contributed by atoms with Crippen LogP contribution in [0.15, 0.2) is 18.2 Å². The minimum atomic E-state index is -0.181. The maximum atomic E-state index is 12.0. The van der Waals surface area contributed by atoms with Gasteiger partial charge < -0.3 is 4.90 Å². The summed E-state index contributed by atoms with van der Waals surface area (Å²) in [5, 5.41) is 1.10. The van der Waals surface area contributed by atoms with E-state index in [9.17, 15) is 9.59 Å². The highest BCUT2D eigenvalue weighted by atomic mass is 35.5. The lowest BCUT2D eigenvalue weighted by Gasteiger charge is -2.37. The van der Waals surface area contributed by atoms with Gasteiger partial charge in [-0.05, 0) is 18.2 Å². The fourth-order valence-corrected chi connectivity index (χ4v) is 3.32. The van der Waals surface area contributed by atoms with Crippen molar-refractivity contribution in [2.45, 2.75) is 13.3 Å². The van der Waals surface area contributed by atoms with Crippen LogP contribution in [0.2, 0.25) is 10.0 Å². The van der Waals surface area contributed by atoms with Crippen molar-refractivity contribution in [2.24, 2.45) is 5.92 Å². The third-order valence-corrected chi connectivity index (χ3v) is 5.19. The minimum Gasteiger partial charge on any atom is -0.369 e. The number of nitrogens with zero attached hydrogens (tertiary/aromatic N) is 3. The molecule has 2 heterocycles. The number of benzene rings is 1. The Kier molecular flexibility index (Phi) is 4.80. The molecule has 0 bridgehead atoms. The maximum Gasteiger partial charge on any atom is 0.233 e. The maximum absolute atomic E-state index is 12.0. The summed E-state index contributed by atoms with van der Waals surface area (Å²) in [7, 11) is 0. The third kappa shape index (κ3) is 3.47. The molecule has 0 spiro atoms. The molecule has 0 saturated carbocycles. The van der Waals surface area contributed by atoms with Gasteiger partial charge >= 0.3 is 0 Å². The Hall–Kier alpha value is -1.30. The molecule has 3 rings (SSSR count). The summed E-state index contributed by atoms with van der Waals surface area (Å²) in [4.78, 5) is 29.6. The monoisotopic (exact) mass is 355 g/mol. The van der Waals surface area contributed by atoms with Gasteiger partial charge in [0.2, 0.25) is 11.8 Å². The molecule has 7 heteroatoms. The summed E-state index contributed by atoms with van der Waals surface area (Å²) in [6.45, 7) is 5.45. The van der Waals surface area contributed by atoms with Crippen LogP contribution in [-0.2, 0) is 9.59 Å². The van der Waals surface area contributed by atoms with Crippen LogP contribution in [0, 0.1) is 5.92 Å². The number of carbonyl (C=O) groups excluding carboxylic acids is 2. The highest BCUT2D eigenvalue weighted by molar-refractivity contribution is 6.42. The van der Waals surface area contributed by atoms with Crippen molar-refractivity contribution in [1.82, 2.24) is 9.80 Å². The van der Waals surface area contributed by atoms with E-state index in [-0.39, 0.29) is 17.7 Å². The van der Waals surface area contributed by atoms with E-state index >= 15 is 0 Å². The average Bonchev–Trinajstić information content (AvgIpc) is 2.77. The van der Waals surface area contributed by atoms with Crippen LogP contribution in [0.5, 0.6) is 0 Å². The molecule has 2 saturated heterocycles. The van der Waals surface area contributed by atoms with Crippen LogP contribution < -0.4 is 4.90 Å². The van der Waals surface area contributed by atoms with Crippen molar-refractivity contribution in [3.05, 3.63) is 28.2 Å². The lowest BCUT2D eigenvalue weighted by Crippen LogP contribution is -2.51. The second-order valence-electron chi connectivity index (χ2n) is 6.11. The Morgan fingerprint density at radius 1 is 1.09 bits per heavy atom. The van der Waals surface area contributed by atoms with E-state index in [1.807, 2.05) is 19.1 Å². The summed E-state index contributed by atoms with van der Waals surface area (Å²) in [5.41, 5.74) is 1.04. The summed E-state index contributed by atoms with van der Waals surface area (Å²) in [6, 6.07) is 5.63. The molecule has 2 amide bonds. The smallest absolute Gasteiger partial charge is 0.233 e. The first-order valence-electron chi connectivity index (χ1n) is 7.72. The Bertz CT molecular complexity index is 630. The quantitative estimate of drug-likeness (QED) is 0.781. The van der Waals surface area contributed by atoms with Gasteiger partial charge in [-0.3, -0.25) is 19.4 Å². The molecule has 23 heavy (non-hydrogen) atoms. The van der Waals surface area contributed by atoms with Crippen molar-refractivity contribution in [1.29, 1.82) is 0 Å². The van der Waals surface area contributed by atoms with Crippen LogP contribution in [0.3, 0.4) is 0 Å². The molecule has 124 valence electrons. The Morgan fingerprint density at radius 3 is 2.35 bits per heavy atom. The first kappa shape index (κ1) is 16.6. The molecule has 0 aliphatic carbocycles. The summed E-state index contributed by atoms with van der Waals surface area (Å²) < 4.78 is 0. The van der Waals surface area contributed by atoms with Gasteiger partial charge in [0.25, 0.3) is 0 Å². The third-order valence-electron chi connectivity index (χ3n) is 4.45. The fraction of sp³-hybridized carbons (Fsp3) is 0.500. The second-order valence-corrected chi connectivity index (χ2v) is 6.92. The van der Waals surface area contributed by atoms with Gasteiger partial charge in [0.15, 0.2) is 0 Å². The zero-order valence-electron chi connectivity index (χ0n) is 13.0. The van der Waals surface area contributed by atoms with E-state index in [4.69, 9.17) is 23.2 Å². The largest absolute Gasteiger partial charge is 0.369 e. The molecular weight excluding hydrogens is 337 g/mol. The van der Waals surface area contributed by atoms with Crippen molar-refractivity contribution in [2.75, 3.05) is 37.7 Å². The average molecular weight is 356 g/mol. The van der Waals surface area contributed by atoms with Gasteiger partial charge in [0, 0.05) is 44.2 Å². The highest BCUT2D eigenvalue weighted by Gasteiger charge is 2.36. The molecule has 2 fully saturated rings. The van der Waals surface area contributed by atoms with E-state index in [1.54, 1.807) is 6.07 Å². The lowest BCUT2D eigenvalue weighted by atomic mass is 10.1. The van der Waals surface area contributed by atoms with Crippen LogP contribution in [0.25, 0.3) is 0 Å². The topological polar surface area (TPSA) is 43.9 Å². The van der Waals surface area contributed by atoms with Gasteiger partial charge in [-0.25, -0.2) is 0 Å². The van der Waals surface area contributed by atoms with Crippen LogP contribution in [0.1, 0.15) is 13.3 Å². The molecule has 1 atom stereocenters. The van der Waals surface area contributed by atoms with Crippen LogP contribution >= 0.6 is 23.2 Å². The zero-order valence-corrected chi connectivity index (χ0v) is 14.5. The van der Waals surface area contributed by atoms with Crippen molar-refractivity contribution < 1.29 is 9.59 Å². The summed E-state index contributed by atoms with van der Waals surface area (Å²) >= 11 is 12.0. The van der Waals surface area contributed by atoms with Crippen molar-refractivity contribution in [3.63, 3.8) is 0 Å². The molecule has 1 aromatic rings. The Morgan fingerprint density at radius 2 is 1.78 bits per heavy atom. The lowest BCUT2D eigenvalue weighted by molar-refractivity contribution is -0.141. The number of hydrogen-bond acceptors (Lipinski definition) is 4. The van der Waals surface area contributed by atoms with E-state index in [1.165, 1.54) is 4.90 Å². The molecule has 0 aromatic heterocycles. The van der Waals surface area contributed by atoms with E-state index < -0.39 is 0 Å². The molecular formula is C16H19Cl2N3O2. The number of hydrogen-bond donors (Lipinski definition) is 0. The first-order chi connectivity index (χ1) is 11.0. The number of halogens is 2. The number of imide groups is 1. The summed E-state index contributed by atoms with van der Waals surface area (Å²) in [5.74, 6) is -0.295. The number of likely N-dealkylation sites (tertiary alicyclic amines) is 1.